The first kappa shape index (κ1) is 30.4. The zero-order valence-electron chi connectivity index (χ0n) is 23.8. The normalized spacial score (nSPS) is 14.4. The summed E-state index contributed by atoms with van der Waals surface area (Å²) in [5.41, 5.74) is -0.0205. The van der Waals surface area contributed by atoms with Crippen molar-refractivity contribution in [2.75, 3.05) is 19.6 Å². The lowest BCUT2D eigenvalue weighted by molar-refractivity contribution is -0.134. The molecule has 4 rings (SSSR count). The first-order valence-electron chi connectivity index (χ1n) is 14.9. The van der Waals surface area contributed by atoms with E-state index in [0.29, 0.717) is 50.0 Å². The molecule has 0 spiro atoms. The first-order chi connectivity index (χ1) is 19.9. The molecule has 0 saturated carbocycles. The van der Waals surface area contributed by atoms with E-state index in [4.69, 9.17) is 4.74 Å². The van der Waals surface area contributed by atoms with Crippen LogP contribution in [0.2, 0.25) is 0 Å². The average molecular weight is 566 g/mol. The predicted octanol–water partition coefficient (Wildman–Crippen LogP) is 5.47. The molecule has 0 amide bonds. The molecule has 1 saturated heterocycles. The summed E-state index contributed by atoms with van der Waals surface area (Å²) in [5, 5.41) is 0.287. The van der Waals surface area contributed by atoms with Gasteiger partial charge in [0.25, 0.3) is 5.56 Å². The number of ketones is 1. The van der Waals surface area contributed by atoms with Crippen molar-refractivity contribution in [3.05, 3.63) is 74.7 Å². The summed E-state index contributed by atoms with van der Waals surface area (Å²) in [6.07, 6.45) is 9.40. The summed E-state index contributed by atoms with van der Waals surface area (Å²) in [4.78, 5) is 55.8. The van der Waals surface area contributed by atoms with E-state index in [-0.39, 0.29) is 41.2 Å². The van der Waals surface area contributed by atoms with Crippen LogP contribution in [-0.2, 0) is 11.3 Å². The number of H-pyrrole nitrogens is 1. The fraction of sp³-hybridized carbons (Fsp3) is 0.500. The zero-order chi connectivity index (χ0) is 29.2. The van der Waals surface area contributed by atoms with E-state index >= 15 is 0 Å². The van der Waals surface area contributed by atoms with Crippen molar-refractivity contribution in [1.82, 2.24) is 14.5 Å². The highest BCUT2D eigenvalue weighted by Gasteiger charge is 2.26. The monoisotopic (exact) mass is 565 g/mol. The van der Waals surface area contributed by atoms with Gasteiger partial charge < -0.3 is 14.6 Å². The number of ether oxygens (including phenoxy) is 1. The summed E-state index contributed by atoms with van der Waals surface area (Å²) >= 11 is 0. The molecule has 2 heterocycles. The van der Waals surface area contributed by atoms with Crippen LogP contribution in [0.25, 0.3) is 10.9 Å². The van der Waals surface area contributed by atoms with Gasteiger partial charge in [-0.2, -0.15) is 0 Å². The number of Topliss-reactive ketones (excluding diaryl/α,β-unsaturated/α-hetero) is 1. The van der Waals surface area contributed by atoms with Crippen LogP contribution in [0.5, 0.6) is 5.75 Å². The lowest BCUT2D eigenvalue weighted by atomic mass is 9.89. The van der Waals surface area contributed by atoms with Crippen LogP contribution in [0.3, 0.4) is 0 Å². The topological polar surface area (TPSA) is 101 Å². The van der Waals surface area contributed by atoms with Crippen molar-refractivity contribution in [1.29, 1.82) is 0 Å². The van der Waals surface area contributed by atoms with Gasteiger partial charge in [-0.1, -0.05) is 45.4 Å². The Morgan fingerprint density at radius 2 is 1.61 bits per heavy atom. The SMILES string of the molecule is CCCCCCCCCC(=O)Oc1ccc2[nH]c(=O)n(CCN3CCC(C(=O)c4ccc(F)cc4)CC3)c(=O)c2c1. The number of rotatable bonds is 14. The number of aromatic nitrogens is 2. The van der Waals surface area contributed by atoms with Crippen LogP contribution in [-0.4, -0.2) is 45.8 Å². The van der Waals surface area contributed by atoms with Crippen LogP contribution in [0.1, 0.15) is 81.5 Å². The third-order valence-electron chi connectivity index (χ3n) is 7.90. The Kier molecular flexibility index (Phi) is 11.0. The number of hydrogen-bond acceptors (Lipinski definition) is 6. The summed E-state index contributed by atoms with van der Waals surface area (Å²) in [5.74, 6) is -0.523. The van der Waals surface area contributed by atoms with Gasteiger partial charge in [-0.15, -0.1) is 0 Å². The molecule has 220 valence electrons. The Labute approximate surface area is 239 Å². The summed E-state index contributed by atoms with van der Waals surface area (Å²) in [6.45, 7) is 4.19. The molecule has 0 atom stereocenters. The highest BCUT2D eigenvalue weighted by atomic mass is 19.1. The molecule has 41 heavy (non-hydrogen) atoms. The van der Waals surface area contributed by atoms with Gasteiger partial charge in [0.05, 0.1) is 10.9 Å². The van der Waals surface area contributed by atoms with Crippen molar-refractivity contribution in [2.24, 2.45) is 5.92 Å². The van der Waals surface area contributed by atoms with Crippen LogP contribution in [0.4, 0.5) is 4.39 Å². The van der Waals surface area contributed by atoms with Gasteiger partial charge in [-0.05, 0) is 74.8 Å². The largest absolute Gasteiger partial charge is 0.427 e. The molecule has 1 aliphatic rings. The third kappa shape index (κ3) is 8.45. The van der Waals surface area contributed by atoms with Gasteiger partial charge >= 0.3 is 11.7 Å². The third-order valence-corrected chi connectivity index (χ3v) is 7.90. The maximum atomic E-state index is 13.2. The van der Waals surface area contributed by atoms with E-state index in [1.807, 2.05) is 0 Å². The Hall–Kier alpha value is -3.59. The number of halogens is 1. The number of esters is 1. The maximum Gasteiger partial charge on any atom is 0.328 e. The predicted molar refractivity (Wildman–Crippen MR) is 157 cm³/mol. The van der Waals surface area contributed by atoms with Crippen LogP contribution >= 0.6 is 0 Å². The molecular formula is C32H40FN3O5. The Morgan fingerprint density at radius 3 is 2.32 bits per heavy atom. The molecule has 8 nitrogen and oxygen atoms in total. The molecule has 0 bridgehead atoms. The minimum Gasteiger partial charge on any atom is -0.427 e. The van der Waals surface area contributed by atoms with E-state index in [1.165, 1.54) is 60.6 Å². The molecule has 0 radical (unpaired) electrons. The van der Waals surface area contributed by atoms with E-state index < -0.39 is 11.2 Å². The van der Waals surface area contributed by atoms with Gasteiger partial charge in [0.1, 0.15) is 11.6 Å². The Morgan fingerprint density at radius 1 is 0.927 bits per heavy atom. The minimum absolute atomic E-state index is 0.0192. The number of piperidine rings is 1. The van der Waals surface area contributed by atoms with Crippen LogP contribution < -0.4 is 16.0 Å². The quantitative estimate of drug-likeness (QED) is 0.120. The van der Waals surface area contributed by atoms with E-state index in [1.54, 1.807) is 12.1 Å². The summed E-state index contributed by atoms with van der Waals surface area (Å²) in [7, 11) is 0. The number of fused-ring (bicyclic) bond motifs is 1. The smallest absolute Gasteiger partial charge is 0.328 e. The minimum atomic E-state index is -0.493. The van der Waals surface area contributed by atoms with Crippen molar-refractivity contribution in [3.8, 4) is 5.75 Å². The number of carbonyl (C=O) groups excluding carboxylic acids is 2. The van der Waals surface area contributed by atoms with E-state index in [9.17, 15) is 23.6 Å². The first-order valence-corrected chi connectivity index (χ1v) is 14.9. The number of likely N-dealkylation sites (tertiary alicyclic amines) is 1. The van der Waals surface area contributed by atoms with Crippen LogP contribution in [0, 0.1) is 11.7 Å². The number of aromatic amines is 1. The van der Waals surface area contributed by atoms with Crippen molar-refractivity contribution in [2.45, 2.75) is 77.7 Å². The van der Waals surface area contributed by atoms with E-state index in [0.717, 1.165) is 19.3 Å². The second kappa shape index (κ2) is 14.9. The fourth-order valence-electron chi connectivity index (χ4n) is 5.42. The van der Waals surface area contributed by atoms with Gasteiger partial charge in [0, 0.05) is 31.0 Å². The fourth-order valence-corrected chi connectivity index (χ4v) is 5.42. The van der Waals surface area contributed by atoms with Gasteiger partial charge in [-0.25, -0.2) is 9.18 Å². The number of unbranched alkanes of at least 4 members (excludes halogenated alkanes) is 6. The number of nitrogens with one attached hydrogen (secondary N) is 1. The Bertz CT molecular complexity index is 1440. The molecular weight excluding hydrogens is 525 g/mol. The average Bonchev–Trinajstić information content (AvgIpc) is 2.97. The lowest BCUT2D eigenvalue weighted by Gasteiger charge is -2.31. The summed E-state index contributed by atoms with van der Waals surface area (Å²) < 4.78 is 19.8. The number of benzene rings is 2. The molecule has 0 aliphatic carbocycles. The zero-order valence-corrected chi connectivity index (χ0v) is 23.8. The molecule has 9 heteroatoms. The highest BCUT2D eigenvalue weighted by molar-refractivity contribution is 5.97. The standard InChI is InChI=1S/C32H40FN3O5/c1-2-3-4-5-6-7-8-9-29(37)41-26-14-15-28-27(22-26)31(39)36(32(40)34-28)21-20-35-18-16-24(17-19-35)30(38)23-10-12-25(33)13-11-23/h10-15,22,24H,2-9,16-21H2,1H3,(H,34,40). The molecule has 1 aromatic heterocycles. The molecule has 1 aliphatic heterocycles. The van der Waals surface area contributed by atoms with Crippen molar-refractivity contribution in [3.63, 3.8) is 0 Å². The highest BCUT2D eigenvalue weighted by Crippen LogP contribution is 2.22. The molecule has 0 unspecified atom stereocenters. The van der Waals surface area contributed by atoms with E-state index in [2.05, 4.69) is 16.8 Å². The molecule has 1 N–H and O–H groups in total. The number of hydrogen-bond donors (Lipinski definition) is 1. The van der Waals surface area contributed by atoms with Gasteiger partial charge in [0.15, 0.2) is 5.78 Å². The molecule has 3 aromatic rings. The van der Waals surface area contributed by atoms with Crippen molar-refractivity contribution < 1.29 is 18.7 Å². The second-order valence-corrected chi connectivity index (χ2v) is 10.9. The lowest BCUT2D eigenvalue weighted by Crippen LogP contribution is -2.42. The van der Waals surface area contributed by atoms with Crippen LogP contribution in [0.15, 0.2) is 52.1 Å². The number of carbonyl (C=O) groups is 2. The van der Waals surface area contributed by atoms with Crippen molar-refractivity contribution >= 4 is 22.7 Å². The number of nitrogens with zero attached hydrogens (tertiary/aromatic N) is 2. The Balaban J connectivity index is 1.30. The molecule has 1 fully saturated rings. The van der Waals surface area contributed by atoms with Gasteiger partial charge in [-0.3, -0.25) is 19.0 Å². The maximum absolute atomic E-state index is 13.2. The molecule has 2 aromatic carbocycles. The van der Waals surface area contributed by atoms with Gasteiger partial charge in [0.2, 0.25) is 0 Å². The summed E-state index contributed by atoms with van der Waals surface area (Å²) in [6, 6.07) is 10.3. The second-order valence-electron chi connectivity index (χ2n) is 10.9.